The molecule has 1 amide bonds. The van der Waals surface area contributed by atoms with Crippen molar-refractivity contribution in [1.29, 1.82) is 0 Å². The quantitative estimate of drug-likeness (QED) is 0.263. The van der Waals surface area contributed by atoms with E-state index < -0.39 is 5.97 Å². The van der Waals surface area contributed by atoms with Crippen molar-refractivity contribution in [3.8, 4) is 0 Å². The molecule has 78 valence electrons. The van der Waals surface area contributed by atoms with Crippen LogP contribution in [0.2, 0.25) is 0 Å². The van der Waals surface area contributed by atoms with Gasteiger partial charge in [-0.1, -0.05) is 6.58 Å². The highest BCUT2D eigenvalue weighted by Crippen LogP contribution is 1.93. The van der Waals surface area contributed by atoms with Gasteiger partial charge in [0, 0.05) is 5.57 Å². The van der Waals surface area contributed by atoms with Crippen molar-refractivity contribution >= 4 is 18.2 Å². The van der Waals surface area contributed by atoms with Gasteiger partial charge >= 0.3 is 5.97 Å². The average molecular weight is 199 g/mol. The number of hydrogen-bond donors (Lipinski definition) is 0. The normalized spacial score (nSPS) is 9.00. The predicted octanol–water partition coefficient (Wildman–Crippen LogP) is 0.111. The SMILES string of the molecule is C=C(C)C(=O)OCN(C=O)CC(C)=O. The summed E-state index contributed by atoms with van der Waals surface area (Å²) < 4.78 is 4.66. The highest BCUT2D eigenvalue weighted by atomic mass is 16.5. The summed E-state index contributed by atoms with van der Waals surface area (Å²) in [5, 5.41) is 0. The topological polar surface area (TPSA) is 63.7 Å². The summed E-state index contributed by atoms with van der Waals surface area (Å²) in [4.78, 5) is 33.0. The summed E-state index contributed by atoms with van der Waals surface area (Å²) in [6, 6.07) is 0. The molecule has 0 aromatic heterocycles. The minimum Gasteiger partial charge on any atom is -0.441 e. The van der Waals surface area contributed by atoms with Crippen LogP contribution in [0.25, 0.3) is 0 Å². The first kappa shape index (κ1) is 12.3. The van der Waals surface area contributed by atoms with E-state index in [1.54, 1.807) is 0 Å². The summed E-state index contributed by atoms with van der Waals surface area (Å²) in [7, 11) is 0. The van der Waals surface area contributed by atoms with Gasteiger partial charge in [-0.15, -0.1) is 0 Å². The Morgan fingerprint density at radius 1 is 1.43 bits per heavy atom. The number of nitrogens with zero attached hydrogens (tertiary/aromatic N) is 1. The molecule has 0 aliphatic carbocycles. The van der Waals surface area contributed by atoms with E-state index in [2.05, 4.69) is 11.3 Å². The second-order valence-electron chi connectivity index (χ2n) is 2.90. The van der Waals surface area contributed by atoms with Crippen LogP contribution in [0, 0.1) is 0 Å². The van der Waals surface area contributed by atoms with E-state index in [0.29, 0.717) is 6.41 Å². The number of carbonyl (C=O) groups excluding carboxylic acids is 3. The second-order valence-corrected chi connectivity index (χ2v) is 2.90. The molecular weight excluding hydrogens is 186 g/mol. The number of carbonyl (C=O) groups is 3. The van der Waals surface area contributed by atoms with E-state index in [4.69, 9.17) is 0 Å². The van der Waals surface area contributed by atoms with Gasteiger partial charge in [0.15, 0.2) is 6.73 Å². The minimum absolute atomic E-state index is 0.0625. The molecule has 0 radical (unpaired) electrons. The zero-order chi connectivity index (χ0) is 11.1. The Balaban J connectivity index is 3.95. The maximum absolute atomic E-state index is 10.9. The van der Waals surface area contributed by atoms with Crippen LogP contribution in [0.1, 0.15) is 13.8 Å². The molecule has 14 heavy (non-hydrogen) atoms. The van der Waals surface area contributed by atoms with Crippen molar-refractivity contribution in [3.63, 3.8) is 0 Å². The summed E-state index contributed by atoms with van der Waals surface area (Å²) in [5.74, 6) is -0.760. The lowest BCUT2D eigenvalue weighted by molar-refractivity contribution is -0.147. The molecule has 0 aromatic rings. The molecule has 0 bridgehead atoms. The van der Waals surface area contributed by atoms with Crippen LogP contribution in [0.15, 0.2) is 12.2 Å². The second kappa shape index (κ2) is 5.90. The van der Waals surface area contributed by atoms with Crippen LogP contribution in [0.5, 0.6) is 0 Å². The maximum atomic E-state index is 10.9. The third-order valence-electron chi connectivity index (χ3n) is 1.28. The Morgan fingerprint density at radius 3 is 2.36 bits per heavy atom. The van der Waals surface area contributed by atoms with Crippen molar-refractivity contribution in [3.05, 3.63) is 12.2 Å². The van der Waals surface area contributed by atoms with Crippen molar-refractivity contribution < 1.29 is 19.1 Å². The first-order valence-electron chi connectivity index (χ1n) is 3.98. The Hall–Kier alpha value is -1.65. The smallest absolute Gasteiger partial charge is 0.334 e. The molecule has 5 heteroatoms. The maximum Gasteiger partial charge on any atom is 0.334 e. The molecule has 0 spiro atoms. The van der Waals surface area contributed by atoms with Gasteiger partial charge in [0.1, 0.15) is 5.78 Å². The fraction of sp³-hybridized carbons (Fsp3) is 0.444. The molecule has 0 saturated heterocycles. The molecule has 0 saturated carbocycles. The van der Waals surface area contributed by atoms with Gasteiger partial charge in [0.05, 0.1) is 6.54 Å². The number of esters is 1. The first-order valence-corrected chi connectivity index (χ1v) is 3.98. The van der Waals surface area contributed by atoms with Gasteiger partial charge in [-0.05, 0) is 13.8 Å². The third kappa shape index (κ3) is 5.08. The fourth-order valence-electron chi connectivity index (χ4n) is 0.664. The molecule has 5 nitrogen and oxygen atoms in total. The zero-order valence-corrected chi connectivity index (χ0v) is 8.28. The minimum atomic E-state index is -0.583. The van der Waals surface area contributed by atoms with Gasteiger partial charge < -0.3 is 9.64 Å². The third-order valence-corrected chi connectivity index (χ3v) is 1.28. The van der Waals surface area contributed by atoms with Gasteiger partial charge in [-0.2, -0.15) is 0 Å². The number of hydrogen-bond acceptors (Lipinski definition) is 4. The summed E-state index contributed by atoms with van der Waals surface area (Å²) in [6.07, 6.45) is 0.451. The number of ether oxygens (including phenoxy) is 1. The number of rotatable bonds is 6. The lowest BCUT2D eigenvalue weighted by Crippen LogP contribution is -2.31. The number of ketones is 1. The summed E-state index contributed by atoms with van der Waals surface area (Å²) in [5.41, 5.74) is 0.249. The lowest BCUT2D eigenvalue weighted by Gasteiger charge is -2.15. The molecule has 0 aromatic carbocycles. The van der Waals surface area contributed by atoms with E-state index in [-0.39, 0.29) is 24.6 Å². The van der Waals surface area contributed by atoms with Crippen LogP contribution >= 0.6 is 0 Å². The van der Waals surface area contributed by atoms with Crippen molar-refractivity contribution in [1.82, 2.24) is 4.90 Å². The van der Waals surface area contributed by atoms with Gasteiger partial charge in [-0.3, -0.25) is 9.59 Å². The molecule has 0 rings (SSSR count). The summed E-state index contributed by atoms with van der Waals surface area (Å²) in [6.45, 7) is 5.92. The van der Waals surface area contributed by atoms with E-state index in [0.717, 1.165) is 4.90 Å². The molecule has 0 aliphatic rings. The van der Waals surface area contributed by atoms with Crippen LogP contribution in [-0.4, -0.2) is 36.3 Å². The molecule has 0 atom stereocenters. The Labute approximate surface area is 82.3 Å². The van der Waals surface area contributed by atoms with Gasteiger partial charge in [0.25, 0.3) is 0 Å². The molecule has 0 unspecified atom stereocenters. The van der Waals surface area contributed by atoms with E-state index in [1.807, 2.05) is 0 Å². The largest absolute Gasteiger partial charge is 0.441 e. The van der Waals surface area contributed by atoms with Gasteiger partial charge in [0.2, 0.25) is 6.41 Å². The molecule has 0 fully saturated rings. The highest BCUT2D eigenvalue weighted by Gasteiger charge is 2.08. The van der Waals surface area contributed by atoms with Crippen LogP contribution in [-0.2, 0) is 19.1 Å². The predicted molar refractivity (Wildman–Crippen MR) is 49.2 cm³/mol. The Kier molecular flexibility index (Phi) is 5.21. The first-order chi connectivity index (χ1) is 6.47. The van der Waals surface area contributed by atoms with Crippen LogP contribution in [0.4, 0.5) is 0 Å². The Bertz CT molecular complexity index is 260. The van der Waals surface area contributed by atoms with Crippen molar-refractivity contribution in [2.24, 2.45) is 0 Å². The fourth-order valence-corrected chi connectivity index (χ4v) is 0.664. The zero-order valence-electron chi connectivity index (χ0n) is 8.28. The molecule has 0 aliphatic heterocycles. The number of Topliss-reactive ketones (excluding diaryl/α,β-unsaturated/α-hetero) is 1. The van der Waals surface area contributed by atoms with Gasteiger partial charge in [-0.25, -0.2) is 4.79 Å². The lowest BCUT2D eigenvalue weighted by atomic mass is 10.4. The Morgan fingerprint density at radius 2 is 2.00 bits per heavy atom. The van der Waals surface area contributed by atoms with E-state index in [9.17, 15) is 14.4 Å². The van der Waals surface area contributed by atoms with E-state index in [1.165, 1.54) is 13.8 Å². The monoisotopic (exact) mass is 199 g/mol. The van der Waals surface area contributed by atoms with Crippen LogP contribution < -0.4 is 0 Å². The van der Waals surface area contributed by atoms with E-state index >= 15 is 0 Å². The van der Waals surface area contributed by atoms with Crippen molar-refractivity contribution in [2.45, 2.75) is 13.8 Å². The number of amides is 1. The standard InChI is InChI=1S/C9H13NO4/c1-7(2)9(13)14-6-10(5-11)4-8(3)12/h5H,1,4,6H2,2-3H3. The molecule has 0 N–H and O–H groups in total. The summed E-state index contributed by atoms with van der Waals surface area (Å²) >= 11 is 0. The average Bonchev–Trinajstić information content (AvgIpc) is 2.10. The highest BCUT2D eigenvalue weighted by molar-refractivity contribution is 5.87. The van der Waals surface area contributed by atoms with Crippen molar-refractivity contribution in [2.75, 3.05) is 13.3 Å². The molecule has 0 heterocycles. The molecular formula is C9H13NO4. The van der Waals surface area contributed by atoms with Crippen LogP contribution in [0.3, 0.4) is 0 Å².